The van der Waals surface area contributed by atoms with Crippen LogP contribution >= 0.6 is 0 Å². The smallest absolute Gasteiger partial charge is 0.203 e. The lowest BCUT2D eigenvalue weighted by atomic mass is 10.1. The van der Waals surface area contributed by atoms with Gasteiger partial charge in [0.1, 0.15) is 5.69 Å². The van der Waals surface area contributed by atoms with Gasteiger partial charge < -0.3 is 14.2 Å². The summed E-state index contributed by atoms with van der Waals surface area (Å²) in [4.78, 5) is 12.3. The van der Waals surface area contributed by atoms with Crippen molar-refractivity contribution in [1.29, 1.82) is 0 Å². The molecule has 0 fully saturated rings. The zero-order valence-electron chi connectivity index (χ0n) is 13.7. The summed E-state index contributed by atoms with van der Waals surface area (Å²) in [6.45, 7) is 2.58. The Hall–Kier alpha value is -2.76. The minimum Gasteiger partial charge on any atom is -0.493 e. The Kier molecular flexibility index (Phi) is 5.41. The zero-order valence-corrected chi connectivity index (χ0v) is 13.7. The Morgan fingerprint density at radius 3 is 2.48 bits per heavy atom. The molecule has 0 unspecified atom stereocenters. The standard InChI is InChI=1S/C17H20N2O4/c1-5-19-13(10-11-18-19)14(20)8-6-12-7-9-15(21-2)17(23-4)16(12)22-3/h6-11H,5H2,1-4H3/b8-6+. The number of hydrogen-bond acceptors (Lipinski definition) is 5. The first-order valence-electron chi connectivity index (χ1n) is 7.19. The number of carbonyl (C=O) groups is 1. The lowest BCUT2D eigenvalue weighted by Gasteiger charge is -2.13. The van der Waals surface area contributed by atoms with Gasteiger partial charge in [0.2, 0.25) is 11.5 Å². The van der Waals surface area contributed by atoms with E-state index in [0.717, 1.165) is 5.56 Å². The average Bonchev–Trinajstić information content (AvgIpc) is 3.07. The van der Waals surface area contributed by atoms with Crippen LogP contribution in [0.15, 0.2) is 30.5 Å². The van der Waals surface area contributed by atoms with Crippen LogP contribution in [0.3, 0.4) is 0 Å². The molecule has 0 bridgehead atoms. The van der Waals surface area contributed by atoms with Crippen molar-refractivity contribution in [2.75, 3.05) is 21.3 Å². The summed E-state index contributed by atoms with van der Waals surface area (Å²) >= 11 is 0. The van der Waals surface area contributed by atoms with Crippen LogP contribution in [0.25, 0.3) is 6.08 Å². The third-order valence-corrected chi connectivity index (χ3v) is 3.42. The Morgan fingerprint density at radius 2 is 1.87 bits per heavy atom. The number of aryl methyl sites for hydroxylation is 1. The minimum atomic E-state index is -0.124. The van der Waals surface area contributed by atoms with Crippen LogP contribution in [-0.4, -0.2) is 36.9 Å². The van der Waals surface area contributed by atoms with Gasteiger partial charge in [-0.2, -0.15) is 5.10 Å². The number of hydrogen-bond donors (Lipinski definition) is 0. The van der Waals surface area contributed by atoms with Crippen LogP contribution < -0.4 is 14.2 Å². The molecule has 23 heavy (non-hydrogen) atoms. The molecule has 1 heterocycles. The fraction of sp³-hybridized carbons (Fsp3) is 0.294. The largest absolute Gasteiger partial charge is 0.493 e. The van der Waals surface area contributed by atoms with Crippen LogP contribution in [0.1, 0.15) is 23.0 Å². The molecular formula is C17H20N2O4. The number of aromatic nitrogens is 2. The highest BCUT2D eigenvalue weighted by Gasteiger charge is 2.15. The molecule has 0 aliphatic rings. The van der Waals surface area contributed by atoms with Gasteiger partial charge in [-0.25, -0.2) is 0 Å². The predicted molar refractivity (Wildman–Crippen MR) is 87.4 cm³/mol. The van der Waals surface area contributed by atoms with Gasteiger partial charge in [0, 0.05) is 18.3 Å². The van der Waals surface area contributed by atoms with Gasteiger partial charge in [0.05, 0.1) is 21.3 Å². The summed E-state index contributed by atoms with van der Waals surface area (Å²) in [5.41, 5.74) is 1.27. The number of carbonyl (C=O) groups excluding carboxylic acids is 1. The van der Waals surface area contributed by atoms with Crippen molar-refractivity contribution < 1.29 is 19.0 Å². The molecule has 2 aromatic rings. The van der Waals surface area contributed by atoms with Crippen molar-refractivity contribution in [3.05, 3.63) is 41.7 Å². The van der Waals surface area contributed by atoms with Gasteiger partial charge in [-0.3, -0.25) is 9.48 Å². The third kappa shape index (κ3) is 3.36. The number of ketones is 1. The molecule has 1 aromatic heterocycles. The maximum absolute atomic E-state index is 12.3. The predicted octanol–water partition coefficient (Wildman–Crippen LogP) is 2.82. The molecule has 0 atom stereocenters. The number of benzene rings is 1. The van der Waals surface area contributed by atoms with E-state index in [4.69, 9.17) is 14.2 Å². The number of nitrogens with zero attached hydrogens (tertiary/aromatic N) is 2. The molecule has 0 amide bonds. The number of ether oxygens (including phenoxy) is 3. The second-order valence-electron chi connectivity index (χ2n) is 4.65. The normalized spacial score (nSPS) is 10.8. The van der Waals surface area contributed by atoms with Crippen molar-refractivity contribution in [3.63, 3.8) is 0 Å². The Balaban J connectivity index is 2.34. The first kappa shape index (κ1) is 16.6. The van der Waals surface area contributed by atoms with Crippen LogP contribution in [-0.2, 0) is 6.54 Å². The summed E-state index contributed by atoms with van der Waals surface area (Å²) in [6, 6.07) is 5.27. The van der Waals surface area contributed by atoms with Crippen molar-refractivity contribution in [2.45, 2.75) is 13.5 Å². The molecule has 2 rings (SSSR count). The van der Waals surface area contributed by atoms with Crippen molar-refractivity contribution in [1.82, 2.24) is 9.78 Å². The molecule has 6 nitrogen and oxygen atoms in total. The third-order valence-electron chi connectivity index (χ3n) is 3.42. The fourth-order valence-corrected chi connectivity index (χ4v) is 2.30. The van der Waals surface area contributed by atoms with E-state index in [9.17, 15) is 4.79 Å². The number of allylic oxidation sites excluding steroid dienone is 1. The van der Waals surface area contributed by atoms with E-state index in [2.05, 4.69) is 5.10 Å². The number of rotatable bonds is 7. The molecular weight excluding hydrogens is 296 g/mol. The Bertz CT molecular complexity index is 719. The Labute approximate surface area is 135 Å². The zero-order chi connectivity index (χ0) is 16.8. The van der Waals surface area contributed by atoms with Gasteiger partial charge in [-0.05, 0) is 37.3 Å². The Morgan fingerprint density at radius 1 is 1.13 bits per heavy atom. The second kappa shape index (κ2) is 7.49. The van der Waals surface area contributed by atoms with E-state index in [1.807, 2.05) is 6.92 Å². The van der Waals surface area contributed by atoms with Gasteiger partial charge >= 0.3 is 0 Å². The van der Waals surface area contributed by atoms with Crippen LogP contribution in [0.2, 0.25) is 0 Å². The van der Waals surface area contributed by atoms with Gasteiger partial charge in [-0.1, -0.05) is 0 Å². The van der Waals surface area contributed by atoms with Gasteiger partial charge in [-0.15, -0.1) is 0 Å². The van der Waals surface area contributed by atoms with E-state index in [1.54, 1.807) is 56.5 Å². The topological polar surface area (TPSA) is 62.6 Å². The maximum Gasteiger partial charge on any atom is 0.203 e. The SMILES string of the molecule is CCn1nccc1C(=O)/C=C/c1ccc(OC)c(OC)c1OC. The average molecular weight is 316 g/mol. The van der Waals surface area contributed by atoms with E-state index >= 15 is 0 Å². The molecule has 0 saturated carbocycles. The lowest BCUT2D eigenvalue weighted by molar-refractivity contribution is 0.103. The highest BCUT2D eigenvalue weighted by molar-refractivity contribution is 6.05. The first-order valence-corrected chi connectivity index (χ1v) is 7.19. The van der Waals surface area contributed by atoms with Crippen molar-refractivity contribution in [3.8, 4) is 17.2 Å². The molecule has 122 valence electrons. The highest BCUT2D eigenvalue weighted by Crippen LogP contribution is 2.40. The fourth-order valence-electron chi connectivity index (χ4n) is 2.30. The molecule has 0 saturated heterocycles. The lowest BCUT2D eigenvalue weighted by Crippen LogP contribution is -2.07. The van der Waals surface area contributed by atoms with E-state index in [1.165, 1.54) is 6.08 Å². The highest BCUT2D eigenvalue weighted by atomic mass is 16.5. The first-order chi connectivity index (χ1) is 11.2. The van der Waals surface area contributed by atoms with Crippen LogP contribution in [0, 0.1) is 0 Å². The summed E-state index contributed by atoms with van der Waals surface area (Å²) in [5.74, 6) is 1.45. The second-order valence-corrected chi connectivity index (χ2v) is 4.65. The monoisotopic (exact) mass is 316 g/mol. The van der Waals surface area contributed by atoms with Gasteiger partial charge in [0.25, 0.3) is 0 Å². The van der Waals surface area contributed by atoms with Crippen LogP contribution in [0.4, 0.5) is 0 Å². The molecule has 0 spiro atoms. The van der Waals surface area contributed by atoms with Crippen LogP contribution in [0.5, 0.6) is 17.2 Å². The summed E-state index contributed by atoms with van der Waals surface area (Å²) in [6.07, 6.45) is 4.80. The maximum atomic E-state index is 12.3. The van der Waals surface area contributed by atoms with Crippen molar-refractivity contribution in [2.24, 2.45) is 0 Å². The quantitative estimate of drug-likeness (QED) is 0.580. The molecule has 1 aromatic carbocycles. The molecule has 6 heteroatoms. The summed E-state index contributed by atoms with van der Waals surface area (Å²) < 4.78 is 17.6. The molecule has 0 N–H and O–H groups in total. The minimum absolute atomic E-state index is 0.124. The molecule has 0 aliphatic heterocycles. The molecule has 0 aliphatic carbocycles. The van der Waals surface area contributed by atoms with E-state index in [0.29, 0.717) is 29.5 Å². The number of methoxy groups -OCH3 is 3. The van der Waals surface area contributed by atoms with E-state index < -0.39 is 0 Å². The van der Waals surface area contributed by atoms with Gasteiger partial charge in [0.15, 0.2) is 11.5 Å². The summed E-state index contributed by atoms with van der Waals surface area (Å²) in [7, 11) is 4.64. The summed E-state index contributed by atoms with van der Waals surface area (Å²) in [5, 5.41) is 4.10. The molecule has 0 radical (unpaired) electrons. The van der Waals surface area contributed by atoms with E-state index in [-0.39, 0.29) is 5.78 Å². The van der Waals surface area contributed by atoms with Crippen molar-refractivity contribution >= 4 is 11.9 Å².